The van der Waals surface area contributed by atoms with Gasteiger partial charge in [0.25, 0.3) is 0 Å². The number of carbonyl (C=O) groups excluding carboxylic acids is 3. The van der Waals surface area contributed by atoms with Gasteiger partial charge in [-0.25, -0.2) is 0 Å². The van der Waals surface area contributed by atoms with E-state index in [0.717, 1.165) is 25.7 Å². The molecular weight excluding hydrogens is 320 g/mol. The first-order chi connectivity index (χ1) is 12.0. The van der Waals surface area contributed by atoms with Crippen LogP contribution in [0.3, 0.4) is 0 Å². The Balaban J connectivity index is 1.78. The molecule has 2 rings (SSSR count). The van der Waals surface area contributed by atoms with Crippen LogP contribution in [0.1, 0.15) is 64.2 Å². The van der Waals surface area contributed by atoms with Crippen LogP contribution in [-0.2, 0) is 14.4 Å². The Labute approximate surface area is 150 Å². The number of nitrogens with zero attached hydrogens (tertiary/aromatic N) is 1. The Hall–Kier alpha value is -1.63. The molecular formula is C18H32N4O3. The lowest BCUT2D eigenvalue weighted by Crippen LogP contribution is -2.45. The summed E-state index contributed by atoms with van der Waals surface area (Å²) in [6, 6.07) is -0.460. The average molecular weight is 352 g/mol. The number of carbonyl (C=O) groups is 3. The van der Waals surface area contributed by atoms with Crippen LogP contribution >= 0.6 is 0 Å². The quantitative estimate of drug-likeness (QED) is 0.676. The minimum atomic E-state index is -0.513. The molecule has 2 fully saturated rings. The topological polar surface area (TPSA) is 105 Å². The van der Waals surface area contributed by atoms with Gasteiger partial charge >= 0.3 is 0 Å². The van der Waals surface area contributed by atoms with E-state index in [-0.39, 0.29) is 42.6 Å². The first kappa shape index (κ1) is 19.7. The van der Waals surface area contributed by atoms with Crippen molar-refractivity contribution in [3.05, 3.63) is 0 Å². The van der Waals surface area contributed by atoms with E-state index in [1.54, 1.807) is 7.05 Å². The summed E-state index contributed by atoms with van der Waals surface area (Å²) in [4.78, 5) is 38.0. The highest BCUT2D eigenvalue weighted by Crippen LogP contribution is 2.19. The Bertz CT molecular complexity index is 475. The maximum Gasteiger partial charge on any atom is 0.242 e. The van der Waals surface area contributed by atoms with Gasteiger partial charge in [0.15, 0.2) is 0 Å². The van der Waals surface area contributed by atoms with Gasteiger partial charge < -0.3 is 21.3 Å². The second kappa shape index (κ2) is 9.75. The number of nitrogens with one attached hydrogen (secondary N) is 2. The van der Waals surface area contributed by atoms with E-state index in [2.05, 4.69) is 10.6 Å². The largest absolute Gasteiger partial charge is 0.357 e. The number of likely N-dealkylation sites (tertiary alicyclic amines) is 1. The molecule has 0 unspecified atom stereocenters. The molecule has 0 bridgehead atoms. The van der Waals surface area contributed by atoms with Crippen LogP contribution in [0.15, 0.2) is 0 Å². The fourth-order valence-electron chi connectivity index (χ4n) is 3.82. The summed E-state index contributed by atoms with van der Waals surface area (Å²) >= 11 is 0. The lowest BCUT2D eigenvalue weighted by atomic mass is 9.96. The fourth-order valence-corrected chi connectivity index (χ4v) is 3.82. The first-order valence-electron chi connectivity index (χ1n) is 9.57. The van der Waals surface area contributed by atoms with Crippen LogP contribution in [0.5, 0.6) is 0 Å². The van der Waals surface area contributed by atoms with Crippen molar-refractivity contribution in [1.29, 1.82) is 0 Å². The number of hydrogen-bond donors (Lipinski definition) is 3. The fraction of sp³-hybridized carbons (Fsp3) is 0.833. The van der Waals surface area contributed by atoms with E-state index >= 15 is 0 Å². The summed E-state index contributed by atoms with van der Waals surface area (Å²) in [5.74, 6) is -0.437. The van der Waals surface area contributed by atoms with Gasteiger partial charge in [-0.1, -0.05) is 32.1 Å². The molecule has 7 nitrogen and oxygen atoms in total. The molecule has 4 N–H and O–H groups in total. The van der Waals surface area contributed by atoms with Crippen molar-refractivity contribution < 1.29 is 14.4 Å². The lowest BCUT2D eigenvalue weighted by Gasteiger charge is -2.24. The van der Waals surface area contributed by atoms with Gasteiger partial charge in [-0.05, 0) is 19.3 Å². The second-order valence-corrected chi connectivity index (χ2v) is 7.28. The second-order valence-electron chi connectivity index (χ2n) is 7.28. The van der Waals surface area contributed by atoms with E-state index < -0.39 is 6.04 Å². The molecule has 0 aromatic carbocycles. The number of rotatable bonds is 5. The van der Waals surface area contributed by atoms with Crippen LogP contribution < -0.4 is 16.4 Å². The molecule has 1 aliphatic carbocycles. The van der Waals surface area contributed by atoms with Crippen molar-refractivity contribution in [2.45, 2.75) is 82.3 Å². The molecule has 1 heterocycles. The smallest absolute Gasteiger partial charge is 0.242 e. The van der Waals surface area contributed by atoms with Gasteiger partial charge in [0, 0.05) is 38.5 Å². The molecule has 0 aromatic heterocycles. The van der Waals surface area contributed by atoms with Crippen LogP contribution in [0.4, 0.5) is 0 Å². The minimum Gasteiger partial charge on any atom is -0.357 e. The summed E-state index contributed by atoms with van der Waals surface area (Å²) in [6.45, 7) is 0.376. The van der Waals surface area contributed by atoms with Crippen LogP contribution in [0.25, 0.3) is 0 Å². The van der Waals surface area contributed by atoms with Crippen LogP contribution in [0.2, 0.25) is 0 Å². The van der Waals surface area contributed by atoms with Gasteiger partial charge in [-0.15, -0.1) is 0 Å². The molecule has 142 valence electrons. The molecule has 0 spiro atoms. The Kier molecular flexibility index (Phi) is 7.68. The van der Waals surface area contributed by atoms with E-state index in [1.807, 2.05) is 0 Å². The minimum absolute atomic E-state index is 0.0705. The maximum atomic E-state index is 12.4. The van der Waals surface area contributed by atoms with Crippen molar-refractivity contribution >= 4 is 17.7 Å². The molecule has 3 amide bonds. The number of amides is 3. The third-order valence-electron chi connectivity index (χ3n) is 5.24. The number of likely N-dealkylation sites (N-methyl/N-ethyl adjacent to an activating group) is 1. The molecule has 7 heteroatoms. The van der Waals surface area contributed by atoms with E-state index in [9.17, 15) is 14.4 Å². The molecule has 1 saturated heterocycles. The summed E-state index contributed by atoms with van der Waals surface area (Å²) < 4.78 is 0. The van der Waals surface area contributed by atoms with Crippen LogP contribution in [-0.4, -0.2) is 54.3 Å². The lowest BCUT2D eigenvalue weighted by molar-refractivity contribution is -0.139. The van der Waals surface area contributed by atoms with Gasteiger partial charge in [0.05, 0.1) is 0 Å². The molecule has 0 radical (unpaired) electrons. The van der Waals surface area contributed by atoms with E-state index in [4.69, 9.17) is 5.73 Å². The zero-order chi connectivity index (χ0) is 18.2. The summed E-state index contributed by atoms with van der Waals surface area (Å²) in [5.41, 5.74) is 5.90. The molecule has 1 aliphatic heterocycles. The predicted octanol–water partition coefficient (Wildman–Crippen LogP) is 0.670. The molecule has 2 aliphatic rings. The normalized spacial score (nSPS) is 25.1. The van der Waals surface area contributed by atoms with Crippen LogP contribution in [0, 0.1) is 0 Å². The highest BCUT2D eigenvalue weighted by atomic mass is 16.2. The maximum absolute atomic E-state index is 12.4. The third kappa shape index (κ3) is 5.99. The Morgan fingerprint density at radius 1 is 1.04 bits per heavy atom. The molecule has 1 saturated carbocycles. The van der Waals surface area contributed by atoms with E-state index in [0.29, 0.717) is 13.0 Å². The predicted molar refractivity (Wildman–Crippen MR) is 95.6 cm³/mol. The Morgan fingerprint density at radius 2 is 1.68 bits per heavy atom. The van der Waals surface area contributed by atoms with Crippen molar-refractivity contribution in [1.82, 2.24) is 15.5 Å². The highest BCUT2D eigenvalue weighted by Gasteiger charge is 2.37. The van der Waals surface area contributed by atoms with Gasteiger partial charge in [-0.3, -0.25) is 14.4 Å². The molecule has 0 aromatic rings. The molecule has 25 heavy (non-hydrogen) atoms. The average Bonchev–Trinajstić information content (AvgIpc) is 2.96. The number of nitrogens with two attached hydrogens (primary N) is 1. The Morgan fingerprint density at radius 3 is 2.32 bits per heavy atom. The SMILES string of the molecule is CNC(=O)[C@@H]1C[C@@H](N)CN1C(=O)CCC(=O)NC1CCCCCCC1. The van der Waals surface area contributed by atoms with E-state index in [1.165, 1.54) is 24.2 Å². The summed E-state index contributed by atoms with van der Waals surface area (Å²) in [5, 5.41) is 5.65. The zero-order valence-electron chi connectivity index (χ0n) is 15.3. The van der Waals surface area contributed by atoms with Gasteiger partial charge in [0.2, 0.25) is 17.7 Å². The van der Waals surface area contributed by atoms with Crippen molar-refractivity contribution in [2.75, 3.05) is 13.6 Å². The third-order valence-corrected chi connectivity index (χ3v) is 5.24. The first-order valence-corrected chi connectivity index (χ1v) is 9.57. The zero-order valence-corrected chi connectivity index (χ0v) is 15.3. The highest BCUT2D eigenvalue weighted by molar-refractivity contribution is 5.90. The standard InChI is InChI=1S/C18H32N4O3/c1-20-18(25)15-11-13(19)12-22(15)17(24)10-9-16(23)21-14-7-5-3-2-4-6-8-14/h13-15H,2-12,19H2,1H3,(H,20,25)(H,21,23)/t13-,15+/m1/s1. The van der Waals surface area contributed by atoms with Crippen molar-refractivity contribution in [2.24, 2.45) is 5.73 Å². The molecule has 2 atom stereocenters. The van der Waals surface area contributed by atoms with Gasteiger partial charge in [-0.2, -0.15) is 0 Å². The monoisotopic (exact) mass is 352 g/mol. The number of hydrogen-bond acceptors (Lipinski definition) is 4. The van der Waals surface area contributed by atoms with Crippen molar-refractivity contribution in [3.8, 4) is 0 Å². The summed E-state index contributed by atoms with van der Waals surface area (Å²) in [6.07, 6.45) is 8.90. The van der Waals surface area contributed by atoms with Crippen molar-refractivity contribution in [3.63, 3.8) is 0 Å². The summed E-state index contributed by atoms with van der Waals surface area (Å²) in [7, 11) is 1.55. The van der Waals surface area contributed by atoms with Gasteiger partial charge in [0.1, 0.15) is 6.04 Å².